The van der Waals surface area contributed by atoms with Crippen LogP contribution in [0.15, 0.2) is 24.8 Å². The van der Waals surface area contributed by atoms with E-state index in [1.54, 1.807) is 0 Å². The molecule has 0 heterocycles. The number of carboxylic acid groups (broad SMARTS) is 1. The highest BCUT2D eigenvalue weighted by Gasteiger charge is 1.99. The second-order valence-electron chi connectivity index (χ2n) is 2.39. The zero-order valence-electron chi connectivity index (χ0n) is 8.58. The number of ether oxygens (including phenoxy) is 1. The number of carbonyl (C=O) groups is 2. The zero-order chi connectivity index (χ0) is 11.6. The van der Waals surface area contributed by atoms with Crippen molar-refractivity contribution in [3.63, 3.8) is 0 Å². The first-order valence-corrected chi connectivity index (χ1v) is 4.11. The van der Waals surface area contributed by atoms with Gasteiger partial charge in [0.25, 0.3) is 0 Å². The Morgan fingerprint density at radius 2 is 2.00 bits per heavy atom. The summed E-state index contributed by atoms with van der Waals surface area (Å²) in [6.07, 6.45) is 2.56. The van der Waals surface area contributed by atoms with Crippen LogP contribution in [0.1, 0.15) is 19.8 Å². The number of hydrogen-bond donors (Lipinski definition) is 1. The van der Waals surface area contributed by atoms with Crippen LogP contribution < -0.4 is 0 Å². The molecular formula is C10H16O4. The van der Waals surface area contributed by atoms with Crippen molar-refractivity contribution in [2.45, 2.75) is 19.8 Å². The Morgan fingerprint density at radius 1 is 1.50 bits per heavy atom. The van der Waals surface area contributed by atoms with Crippen LogP contribution in [0.25, 0.3) is 0 Å². The molecule has 0 aromatic heterocycles. The maximum atomic E-state index is 9.99. The van der Waals surface area contributed by atoms with E-state index in [1.165, 1.54) is 7.11 Å². The summed E-state index contributed by atoms with van der Waals surface area (Å²) in [6.45, 7) is 8.43. The second-order valence-corrected chi connectivity index (χ2v) is 2.39. The van der Waals surface area contributed by atoms with Crippen LogP contribution in [0.3, 0.4) is 0 Å². The molecule has 1 N–H and O–H groups in total. The summed E-state index contributed by atoms with van der Waals surface area (Å²) in [4.78, 5) is 19.8. The molecule has 4 nitrogen and oxygen atoms in total. The average Bonchev–Trinajstić information content (AvgIpc) is 2.18. The van der Waals surface area contributed by atoms with Gasteiger partial charge in [-0.15, -0.1) is 0 Å². The van der Waals surface area contributed by atoms with Crippen molar-refractivity contribution in [1.29, 1.82) is 0 Å². The van der Waals surface area contributed by atoms with Gasteiger partial charge in [-0.25, -0.2) is 9.59 Å². The van der Waals surface area contributed by atoms with E-state index in [0.29, 0.717) is 12.0 Å². The van der Waals surface area contributed by atoms with Gasteiger partial charge in [-0.05, 0) is 6.42 Å². The van der Waals surface area contributed by atoms with Gasteiger partial charge in [-0.1, -0.05) is 26.5 Å². The molecule has 0 aliphatic rings. The van der Waals surface area contributed by atoms with Gasteiger partial charge in [0.05, 0.1) is 7.11 Å². The average molecular weight is 200 g/mol. The van der Waals surface area contributed by atoms with Crippen LogP contribution in [0.4, 0.5) is 0 Å². The van der Waals surface area contributed by atoms with Gasteiger partial charge in [-0.3, -0.25) is 0 Å². The predicted octanol–water partition coefficient (Wildman–Crippen LogP) is 1.77. The second kappa shape index (κ2) is 9.51. The third-order valence-electron chi connectivity index (χ3n) is 1.22. The van der Waals surface area contributed by atoms with Crippen LogP contribution in [0.2, 0.25) is 0 Å². The Morgan fingerprint density at radius 3 is 2.07 bits per heavy atom. The Hall–Kier alpha value is -1.58. The van der Waals surface area contributed by atoms with Gasteiger partial charge in [0, 0.05) is 11.6 Å². The number of methoxy groups -OCH3 is 1. The number of rotatable bonds is 4. The summed E-state index contributed by atoms with van der Waals surface area (Å²) in [5, 5.41) is 8.21. The lowest BCUT2D eigenvalue weighted by Crippen LogP contribution is -1.97. The quantitative estimate of drug-likeness (QED) is 0.555. The van der Waals surface area contributed by atoms with Gasteiger partial charge in [0.1, 0.15) is 0 Å². The summed E-state index contributed by atoms with van der Waals surface area (Å²) < 4.78 is 4.14. The van der Waals surface area contributed by atoms with E-state index in [4.69, 9.17) is 5.11 Å². The SMILES string of the molecule is C=C(CCC)C(=O)O.C=CC(=O)OC. The Bertz CT molecular complexity index is 218. The molecule has 0 aromatic rings. The third-order valence-corrected chi connectivity index (χ3v) is 1.22. The van der Waals surface area contributed by atoms with E-state index < -0.39 is 11.9 Å². The number of aliphatic carboxylic acids is 1. The molecule has 0 saturated carbocycles. The fraction of sp³-hybridized carbons (Fsp3) is 0.400. The van der Waals surface area contributed by atoms with E-state index >= 15 is 0 Å². The standard InChI is InChI=1S/C6H10O2.C4H6O2/c1-3-4-5(2)6(7)8;1-3-4(5)6-2/h2-4H2,1H3,(H,7,8);3H,1H2,2H3. The molecule has 80 valence electrons. The molecule has 0 amide bonds. The van der Waals surface area contributed by atoms with Gasteiger partial charge in [-0.2, -0.15) is 0 Å². The Balaban J connectivity index is 0. The van der Waals surface area contributed by atoms with Crippen LogP contribution in [0, 0.1) is 0 Å². The van der Waals surface area contributed by atoms with E-state index in [2.05, 4.69) is 17.9 Å². The molecule has 0 aliphatic heterocycles. The highest BCUT2D eigenvalue weighted by molar-refractivity contribution is 5.85. The first-order valence-electron chi connectivity index (χ1n) is 4.11. The molecule has 0 atom stereocenters. The van der Waals surface area contributed by atoms with Crippen LogP contribution >= 0.6 is 0 Å². The largest absolute Gasteiger partial charge is 0.478 e. The smallest absolute Gasteiger partial charge is 0.330 e. The summed E-state index contributed by atoms with van der Waals surface area (Å²) in [5.41, 5.74) is 0.299. The fourth-order valence-electron chi connectivity index (χ4n) is 0.492. The highest BCUT2D eigenvalue weighted by Crippen LogP contribution is 1.99. The van der Waals surface area contributed by atoms with E-state index in [-0.39, 0.29) is 0 Å². The van der Waals surface area contributed by atoms with Crippen LogP contribution in [0.5, 0.6) is 0 Å². The lowest BCUT2D eigenvalue weighted by Gasteiger charge is -1.92. The normalized spacial score (nSPS) is 7.86. The first kappa shape index (κ1) is 14.9. The van der Waals surface area contributed by atoms with Crippen LogP contribution in [-0.2, 0) is 14.3 Å². The minimum Gasteiger partial charge on any atom is -0.478 e. The molecule has 14 heavy (non-hydrogen) atoms. The molecule has 0 fully saturated rings. The van der Waals surface area contributed by atoms with Gasteiger partial charge >= 0.3 is 11.9 Å². The first-order chi connectivity index (χ1) is 6.49. The lowest BCUT2D eigenvalue weighted by atomic mass is 10.2. The van der Waals surface area contributed by atoms with Gasteiger partial charge < -0.3 is 9.84 Å². The van der Waals surface area contributed by atoms with Crippen molar-refractivity contribution in [2.75, 3.05) is 7.11 Å². The summed E-state index contributed by atoms with van der Waals surface area (Å²) >= 11 is 0. The summed E-state index contributed by atoms with van der Waals surface area (Å²) in [5.74, 6) is -1.28. The minimum absolute atomic E-state index is 0.299. The van der Waals surface area contributed by atoms with Crippen molar-refractivity contribution in [1.82, 2.24) is 0 Å². The molecule has 0 unspecified atom stereocenters. The molecule has 0 bridgehead atoms. The van der Waals surface area contributed by atoms with Gasteiger partial charge in [0.2, 0.25) is 0 Å². The Labute approximate surface area is 83.9 Å². The molecule has 4 heteroatoms. The molecule has 0 rings (SSSR count). The molecule has 0 aliphatic carbocycles. The molecule has 0 radical (unpaired) electrons. The van der Waals surface area contributed by atoms with Gasteiger partial charge in [0.15, 0.2) is 0 Å². The third kappa shape index (κ3) is 10.4. The Kier molecular flexibility index (Phi) is 10.1. The number of carbonyl (C=O) groups excluding carboxylic acids is 1. The zero-order valence-corrected chi connectivity index (χ0v) is 8.58. The number of carboxylic acids is 1. The monoisotopic (exact) mass is 200 g/mol. The van der Waals surface area contributed by atoms with Crippen molar-refractivity contribution in [3.8, 4) is 0 Å². The minimum atomic E-state index is -0.883. The van der Waals surface area contributed by atoms with Crippen molar-refractivity contribution >= 4 is 11.9 Å². The van der Waals surface area contributed by atoms with E-state index in [0.717, 1.165) is 12.5 Å². The van der Waals surface area contributed by atoms with Crippen LogP contribution in [-0.4, -0.2) is 24.2 Å². The molecule has 0 spiro atoms. The fourth-order valence-corrected chi connectivity index (χ4v) is 0.492. The summed E-state index contributed by atoms with van der Waals surface area (Å²) in [6, 6.07) is 0. The summed E-state index contributed by atoms with van der Waals surface area (Å²) in [7, 11) is 1.31. The molecular weight excluding hydrogens is 184 g/mol. The van der Waals surface area contributed by atoms with Crippen molar-refractivity contribution in [2.24, 2.45) is 0 Å². The number of esters is 1. The van der Waals surface area contributed by atoms with Crippen molar-refractivity contribution < 1.29 is 19.4 Å². The molecule has 0 aromatic carbocycles. The highest BCUT2D eigenvalue weighted by atomic mass is 16.5. The van der Waals surface area contributed by atoms with Crippen molar-refractivity contribution in [3.05, 3.63) is 24.8 Å². The maximum absolute atomic E-state index is 9.99. The lowest BCUT2D eigenvalue weighted by molar-refractivity contribution is -0.135. The van der Waals surface area contributed by atoms with E-state index in [9.17, 15) is 9.59 Å². The predicted molar refractivity (Wildman–Crippen MR) is 53.9 cm³/mol. The number of hydrogen-bond acceptors (Lipinski definition) is 3. The topological polar surface area (TPSA) is 63.6 Å². The molecule has 0 saturated heterocycles. The maximum Gasteiger partial charge on any atom is 0.330 e. The van der Waals surface area contributed by atoms with E-state index in [1.807, 2.05) is 6.92 Å².